The van der Waals surface area contributed by atoms with Crippen molar-refractivity contribution in [2.24, 2.45) is 0 Å². The summed E-state index contributed by atoms with van der Waals surface area (Å²) in [5, 5.41) is 19.3. The Bertz CT molecular complexity index is 920. The van der Waals surface area contributed by atoms with Crippen LogP contribution in [-0.4, -0.2) is 47.1 Å². The number of aromatic nitrogens is 2. The number of fused-ring (bicyclic) bond motifs is 1. The fourth-order valence-corrected chi connectivity index (χ4v) is 4.25. The quantitative estimate of drug-likeness (QED) is 0.701. The lowest BCUT2D eigenvalue weighted by Gasteiger charge is -2.37. The second kappa shape index (κ2) is 7.50. The van der Waals surface area contributed by atoms with Crippen molar-refractivity contribution in [1.29, 1.82) is 0 Å². The van der Waals surface area contributed by atoms with Crippen molar-refractivity contribution in [2.45, 2.75) is 43.9 Å². The van der Waals surface area contributed by atoms with Gasteiger partial charge in [0.15, 0.2) is 11.4 Å². The van der Waals surface area contributed by atoms with E-state index in [1.165, 1.54) is 0 Å². The number of anilines is 2. The predicted octanol–water partition coefficient (Wildman–Crippen LogP) is 3.28. The van der Waals surface area contributed by atoms with E-state index in [4.69, 9.17) is 4.74 Å². The number of piperidine rings is 1. The number of ether oxygens (including phenoxy) is 1. The van der Waals surface area contributed by atoms with Gasteiger partial charge in [0.25, 0.3) is 0 Å². The highest BCUT2D eigenvalue weighted by Gasteiger charge is 2.61. The van der Waals surface area contributed by atoms with Crippen molar-refractivity contribution in [3.05, 3.63) is 35.5 Å². The lowest BCUT2D eigenvalue weighted by Crippen LogP contribution is -2.48. The Morgan fingerprint density at radius 3 is 2.53 bits per heavy atom. The molecule has 3 N–H and O–H groups in total. The monoisotopic (exact) mass is 424 g/mol. The Labute approximate surface area is 171 Å². The molecule has 3 heterocycles. The van der Waals surface area contributed by atoms with Gasteiger partial charge in [-0.25, -0.2) is 0 Å². The maximum atomic E-state index is 13.7. The third kappa shape index (κ3) is 3.49. The van der Waals surface area contributed by atoms with Gasteiger partial charge in [0.1, 0.15) is 5.75 Å². The number of hydrogen-bond donors (Lipinski definition) is 3. The second-order valence-corrected chi connectivity index (χ2v) is 7.63. The highest BCUT2D eigenvalue weighted by Crippen LogP contribution is 2.49. The molecule has 2 aromatic rings. The molecular weight excluding hydrogens is 401 g/mol. The van der Waals surface area contributed by atoms with Crippen LogP contribution in [0.3, 0.4) is 0 Å². The van der Waals surface area contributed by atoms with Crippen molar-refractivity contribution >= 4 is 17.4 Å². The number of aliphatic hydroxyl groups is 1. The number of H-pyrrole nitrogens is 1. The van der Waals surface area contributed by atoms with Crippen LogP contribution in [0.15, 0.2) is 24.3 Å². The Kier molecular flexibility index (Phi) is 5.13. The van der Waals surface area contributed by atoms with Crippen molar-refractivity contribution < 1.29 is 27.8 Å². The van der Waals surface area contributed by atoms with Crippen LogP contribution < -0.4 is 15.0 Å². The maximum absolute atomic E-state index is 13.7. The van der Waals surface area contributed by atoms with Gasteiger partial charge in [-0.1, -0.05) is 0 Å². The molecule has 7 nitrogen and oxygen atoms in total. The average Bonchev–Trinajstić information content (AvgIpc) is 3.12. The lowest BCUT2D eigenvalue weighted by atomic mass is 9.81. The third-order valence-electron chi connectivity index (χ3n) is 5.77. The van der Waals surface area contributed by atoms with Crippen LogP contribution in [0.2, 0.25) is 0 Å². The topological polar surface area (TPSA) is 90.5 Å². The van der Waals surface area contributed by atoms with E-state index in [2.05, 4.69) is 20.4 Å². The Morgan fingerprint density at radius 2 is 1.93 bits per heavy atom. The number of benzene rings is 1. The SMILES string of the molecule is CCOc1ccc(N2CCC(c3[nH]nc4c3C(O)(C(F)(F)F)CC(=O)N4)CC2)cc1. The van der Waals surface area contributed by atoms with Gasteiger partial charge in [0.2, 0.25) is 5.91 Å². The Hall–Kier alpha value is -2.75. The summed E-state index contributed by atoms with van der Waals surface area (Å²) in [7, 11) is 0. The molecule has 2 aliphatic heterocycles. The molecule has 1 amide bonds. The highest BCUT2D eigenvalue weighted by atomic mass is 19.4. The minimum atomic E-state index is -4.98. The largest absolute Gasteiger partial charge is 0.494 e. The number of alkyl halides is 3. The number of amides is 1. The van der Waals surface area contributed by atoms with E-state index in [0.717, 1.165) is 11.4 Å². The van der Waals surface area contributed by atoms with Crippen molar-refractivity contribution in [3.8, 4) is 5.75 Å². The fraction of sp³-hybridized carbons (Fsp3) is 0.500. The molecule has 1 atom stereocenters. The number of halogens is 3. The molecule has 2 aliphatic rings. The molecule has 1 fully saturated rings. The minimum absolute atomic E-state index is 0.232. The van der Waals surface area contributed by atoms with E-state index in [1.807, 2.05) is 31.2 Å². The van der Waals surface area contributed by atoms with Crippen LogP contribution in [-0.2, 0) is 10.4 Å². The lowest BCUT2D eigenvalue weighted by molar-refractivity contribution is -0.267. The first-order chi connectivity index (χ1) is 14.2. The zero-order valence-electron chi connectivity index (χ0n) is 16.4. The van der Waals surface area contributed by atoms with Crippen molar-refractivity contribution in [3.63, 3.8) is 0 Å². The maximum Gasteiger partial charge on any atom is 0.422 e. The molecule has 0 bridgehead atoms. The standard InChI is InChI=1S/C20H23F3N4O3/c1-2-30-14-5-3-13(4-6-14)27-9-7-12(8-10-27)17-16-18(26-25-17)24-15(28)11-19(16,29)20(21,22)23/h3-6,12,29H,2,7-11H2,1H3,(H2,24,25,26,28). The molecule has 162 valence electrons. The van der Waals surface area contributed by atoms with E-state index in [1.54, 1.807) is 0 Å². The third-order valence-corrected chi connectivity index (χ3v) is 5.77. The van der Waals surface area contributed by atoms with Crippen LogP contribution in [0.5, 0.6) is 5.75 Å². The first-order valence-corrected chi connectivity index (χ1v) is 9.88. The second-order valence-electron chi connectivity index (χ2n) is 7.63. The number of rotatable bonds is 4. The van der Waals surface area contributed by atoms with Gasteiger partial charge in [-0.05, 0) is 44.0 Å². The summed E-state index contributed by atoms with van der Waals surface area (Å²) in [6.45, 7) is 3.79. The molecular formula is C20H23F3N4O3. The summed E-state index contributed by atoms with van der Waals surface area (Å²) < 4.78 is 46.5. The first-order valence-electron chi connectivity index (χ1n) is 9.88. The van der Waals surface area contributed by atoms with Gasteiger partial charge in [0, 0.05) is 30.4 Å². The molecule has 0 aliphatic carbocycles. The normalized spacial score (nSPS) is 22.6. The average molecular weight is 424 g/mol. The molecule has 0 spiro atoms. The van der Waals surface area contributed by atoms with Gasteiger partial charge in [-0.3, -0.25) is 9.89 Å². The zero-order valence-corrected chi connectivity index (χ0v) is 16.4. The molecule has 30 heavy (non-hydrogen) atoms. The fourth-order valence-electron chi connectivity index (χ4n) is 4.25. The van der Waals surface area contributed by atoms with Gasteiger partial charge >= 0.3 is 6.18 Å². The van der Waals surface area contributed by atoms with E-state index >= 15 is 0 Å². The van der Waals surface area contributed by atoms with E-state index in [-0.39, 0.29) is 23.0 Å². The Balaban J connectivity index is 1.53. The number of nitrogens with zero attached hydrogens (tertiary/aromatic N) is 2. The van der Waals surface area contributed by atoms with Gasteiger partial charge in [-0.15, -0.1) is 0 Å². The Morgan fingerprint density at radius 1 is 1.27 bits per heavy atom. The number of hydrogen-bond acceptors (Lipinski definition) is 5. The van der Waals surface area contributed by atoms with Crippen LogP contribution in [0.4, 0.5) is 24.7 Å². The van der Waals surface area contributed by atoms with E-state index in [0.29, 0.717) is 32.5 Å². The van der Waals surface area contributed by atoms with Crippen LogP contribution in [0, 0.1) is 0 Å². The van der Waals surface area contributed by atoms with E-state index < -0.39 is 24.1 Å². The molecule has 1 aromatic heterocycles. The number of carbonyl (C=O) groups excluding carboxylic acids is 1. The molecule has 1 unspecified atom stereocenters. The molecule has 4 rings (SSSR count). The molecule has 0 radical (unpaired) electrons. The van der Waals surface area contributed by atoms with Crippen molar-refractivity contribution in [1.82, 2.24) is 10.2 Å². The number of carbonyl (C=O) groups is 1. The predicted molar refractivity (Wildman–Crippen MR) is 104 cm³/mol. The molecule has 10 heteroatoms. The summed E-state index contributed by atoms with van der Waals surface area (Å²) in [6.07, 6.45) is -4.88. The summed E-state index contributed by atoms with van der Waals surface area (Å²) in [5.74, 6) is -0.599. The van der Waals surface area contributed by atoms with Gasteiger partial charge < -0.3 is 20.1 Å². The number of aromatic amines is 1. The molecule has 1 saturated heterocycles. The van der Waals surface area contributed by atoms with Crippen LogP contribution in [0.1, 0.15) is 43.4 Å². The smallest absolute Gasteiger partial charge is 0.422 e. The summed E-state index contributed by atoms with van der Waals surface area (Å²) in [4.78, 5) is 13.9. The van der Waals surface area contributed by atoms with Gasteiger partial charge in [0.05, 0.1) is 18.6 Å². The van der Waals surface area contributed by atoms with Crippen LogP contribution in [0.25, 0.3) is 0 Å². The summed E-state index contributed by atoms with van der Waals surface area (Å²) in [5.41, 5.74) is -2.33. The first kappa shape index (κ1) is 20.5. The summed E-state index contributed by atoms with van der Waals surface area (Å²) >= 11 is 0. The van der Waals surface area contributed by atoms with Crippen LogP contribution >= 0.6 is 0 Å². The van der Waals surface area contributed by atoms with Crippen molar-refractivity contribution in [2.75, 3.05) is 29.9 Å². The summed E-state index contributed by atoms with van der Waals surface area (Å²) in [6, 6.07) is 7.70. The number of nitrogens with one attached hydrogen (secondary N) is 2. The minimum Gasteiger partial charge on any atom is -0.494 e. The van der Waals surface area contributed by atoms with Gasteiger partial charge in [-0.2, -0.15) is 18.3 Å². The molecule has 0 saturated carbocycles. The van der Waals surface area contributed by atoms with E-state index in [9.17, 15) is 23.1 Å². The molecule has 1 aromatic carbocycles. The highest BCUT2D eigenvalue weighted by molar-refractivity contribution is 5.94. The zero-order chi connectivity index (χ0) is 21.5.